The summed E-state index contributed by atoms with van der Waals surface area (Å²) in [5.74, 6) is -1.83. The van der Waals surface area contributed by atoms with Gasteiger partial charge in [0.05, 0.1) is 5.97 Å². The van der Waals surface area contributed by atoms with E-state index in [1.54, 1.807) is 13.0 Å². The second-order valence-corrected chi connectivity index (χ2v) is 3.27. The second-order valence-electron chi connectivity index (χ2n) is 3.00. The molecule has 0 saturated heterocycles. The zero-order valence-electron chi connectivity index (χ0n) is 8.04. The maximum atomic E-state index is 11.0. The summed E-state index contributed by atoms with van der Waals surface area (Å²) in [5, 5.41) is 13.1. The normalized spacial score (nSPS) is 9.73. The molecule has 0 aliphatic carbocycles. The fourth-order valence-electron chi connectivity index (χ4n) is 1.07. The number of aromatic carboxylic acids is 1. The van der Waals surface area contributed by atoms with Crippen LogP contribution in [0.4, 0.5) is 5.69 Å². The Kier molecular flexibility index (Phi) is 3.68. The van der Waals surface area contributed by atoms with Crippen LogP contribution in [0, 0.1) is 6.92 Å². The quantitative estimate of drug-likeness (QED) is 0.765. The topological polar surface area (TPSA) is 69.2 Å². The molecule has 15 heavy (non-hydrogen) atoms. The first-order valence-corrected chi connectivity index (χ1v) is 4.76. The van der Waals surface area contributed by atoms with E-state index in [0.29, 0.717) is 5.69 Å². The molecule has 0 saturated carbocycles. The summed E-state index contributed by atoms with van der Waals surface area (Å²) >= 11 is 5.32. The second kappa shape index (κ2) is 4.79. The molecule has 1 N–H and O–H groups in total. The van der Waals surface area contributed by atoms with Gasteiger partial charge < -0.3 is 15.2 Å². The van der Waals surface area contributed by atoms with Gasteiger partial charge in [-0.1, -0.05) is 12.1 Å². The molecule has 0 bridgehead atoms. The first kappa shape index (κ1) is 11.5. The Balaban J connectivity index is 3.00. The van der Waals surface area contributed by atoms with Crippen molar-refractivity contribution in [3.05, 3.63) is 29.3 Å². The summed E-state index contributed by atoms with van der Waals surface area (Å²) in [6.07, 6.45) is 0. The van der Waals surface area contributed by atoms with Crippen LogP contribution >= 0.6 is 11.6 Å². The molecule has 0 aliphatic rings. The van der Waals surface area contributed by atoms with E-state index in [1.807, 2.05) is 0 Å². The molecule has 1 amide bonds. The molecule has 0 heterocycles. The first-order chi connectivity index (χ1) is 7.04. The Morgan fingerprint density at radius 1 is 1.47 bits per heavy atom. The molecule has 1 aromatic rings. The number of rotatable bonds is 3. The highest BCUT2D eigenvalue weighted by Crippen LogP contribution is 2.16. The molecule has 5 heteroatoms. The number of amides is 1. The third kappa shape index (κ3) is 2.95. The van der Waals surface area contributed by atoms with Crippen LogP contribution in [-0.2, 0) is 4.79 Å². The molecular weight excluding hydrogens is 218 g/mol. The maximum absolute atomic E-state index is 11.0. The van der Waals surface area contributed by atoms with Crippen LogP contribution in [0.5, 0.6) is 0 Å². The van der Waals surface area contributed by atoms with Gasteiger partial charge >= 0.3 is 0 Å². The Bertz CT molecular complexity index is 404. The average Bonchev–Trinajstić information content (AvgIpc) is 2.20. The number of aryl methyl sites for hydroxylation is 1. The predicted octanol–water partition coefficient (Wildman–Crippen LogP) is 0.536. The van der Waals surface area contributed by atoms with Crippen molar-refractivity contribution >= 4 is 29.2 Å². The number of benzene rings is 1. The van der Waals surface area contributed by atoms with E-state index >= 15 is 0 Å². The molecule has 0 atom stereocenters. The summed E-state index contributed by atoms with van der Waals surface area (Å²) in [7, 11) is 0. The lowest BCUT2D eigenvalue weighted by Gasteiger charge is -2.10. The molecule has 0 spiro atoms. The number of hydrogen-bond acceptors (Lipinski definition) is 3. The van der Waals surface area contributed by atoms with Gasteiger partial charge in [0.1, 0.15) is 5.88 Å². The lowest BCUT2D eigenvalue weighted by molar-refractivity contribution is -0.255. The molecule has 1 aromatic carbocycles. The van der Waals surface area contributed by atoms with Crippen molar-refractivity contribution in [1.29, 1.82) is 0 Å². The van der Waals surface area contributed by atoms with Crippen LogP contribution in [0.3, 0.4) is 0 Å². The Hall–Kier alpha value is -1.55. The van der Waals surface area contributed by atoms with Crippen LogP contribution < -0.4 is 10.4 Å². The number of carboxylic acids is 1. The maximum Gasteiger partial charge on any atom is 0.239 e. The number of halogens is 1. The van der Waals surface area contributed by atoms with Gasteiger partial charge in [0.2, 0.25) is 5.91 Å². The van der Waals surface area contributed by atoms with E-state index in [0.717, 1.165) is 5.56 Å². The van der Waals surface area contributed by atoms with Crippen LogP contribution in [0.15, 0.2) is 18.2 Å². The van der Waals surface area contributed by atoms with Crippen molar-refractivity contribution < 1.29 is 14.7 Å². The van der Waals surface area contributed by atoms with Crippen molar-refractivity contribution in [2.45, 2.75) is 6.92 Å². The SMILES string of the molecule is Cc1ccc(C(=O)[O-])cc1NC(=O)CCl. The van der Waals surface area contributed by atoms with Crippen molar-refractivity contribution in [1.82, 2.24) is 0 Å². The smallest absolute Gasteiger partial charge is 0.239 e. The summed E-state index contributed by atoms with van der Waals surface area (Å²) < 4.78 is 0. The number of carbonyl (C=O) groups is 2. The molecular formula is C10H9ClNO3-. The van der Waals surface area contributed by atoms with Crippen LogP contribution in [0.25, 0.3) is 0 Å². The molecule has 0 fully saturated rings. The number of nitrogens with one attached hydrogen (secondary N) is 1. The van der Waals surface area contributed by atoms with Crippen molar-refractivity contribution in [2.75, 3.05) is 11.2 Å². The van der Waals surface area contributed by atoms with Crippen LogP contribution in [0.2, 0.25) is 0 Å². The largest absolute Gasteiger partial charge is 0.545 e. The van der Waals surface area contributed by atoms with E-state index in [2.05, 4.69) is 5.32 Å². The van der Waals surface area contributed by atoms with Gasteiger partial charge in [0.25, 0.3) is 0 Å². The van der Waals surface area contributed by atoms with Gasteiger partial charge in [0.15, 0.2) is 0 Å². The average molecular weight is 227 g/mol. The van der Waals surface area contributed by atoms with Crippen molar-refractivity contribution in [3.8, 4) is 0 Å². The minimum absolute atomic E-state index is 0.0190. The predicted molar refractivity (Wildman–Crippen MR) is 54.9 cm³/mol. The number of anilines is 1. The fraction of sp³-hybridized carbons (Fsp3) is 0.200. The summed E-state index contributed by atoms with van der Waals surface area (Å²) in [6.45, 7) is 1.75. The third-order valence-electron chi connectivity index (χ3n) is 1.87. The minimum atomic E-state index is -1.28. The highest BCUT2D eigenvalue weighted by atomic mass is 35.5. The van der Waals surface area contributed by atoms with Crippen molar-refractivity contribution in [2.24, 2.45) is 0 Å². The first-order valence-electron chi connectivity index (χ1n) is 4.22. The minimum Gasteiger partial charge on any atom is -0.545 e. The summed E-state index contributed by atoms with van der Waals surface area (Å²) in [4.78, 5) is 21.6. The summed E-state index contributed by atoms with van der Waals surface area (Å²) in [6, 6.07) is 4.35. The molecule has 0 unspecified atom stereocenters. The van der Waals surface area contributed by atoms with Gasteiger partial charge in [-0.3, -0.25) is 4.79 Å². The van der Waals surface area contributed by atoms with Gasteiger partial charge in [-0.15, -0.1) is 11.6 Å². The van der Waals surface area contributed by atoms with Gasteiger partial charge in [-0.25, -0.2) is 0 Å². The highest BCUT2D eigenvalue weighted by molar-refractivity contribution is 6.29. The summed E-state index contributed by atoms with van der Waals surface area (Å²) in [5.41, 5.74) is 1.21. The Labute approximate surface area is 91.9 Å². The monoisotopic (exact) mass is 226 g/mol. The zero-order valence-corrected chi connectivity index (χ0v) is 8.80. The van der Waals surface area contributed by atoms with Crippen LogP contribution in [-0.4, -0.2) is 17.8 Å². The molecule has 1 rings (SSSR count). The van der Waals surface area contributed by atoms with Gasteiger partial charge in [0, 0.05) is 5.69 Å². The number of alkyl halides is 1. The van der Waals surface area contributed by atoms with Crippen molar-refractivity contribution in [3.63, 3.8) is 0 Å². The standard InChI is InChI=1S/C10H10ClNO3/c1-6-2-3-7(10(14)15)4-8(6)12-9(13)5-11/h2-4H,5H2,1H3,(H,12,13)(H,14,15)/p-1. The van der Waals surface area contributed by atoms with E-state index in [-0.39, 0.29) is 17.4 Å². The van der Waals surface area contributed by atoms with E-state index in [1.165, 1.54) is 12.1 Å². The molecule has 0 radical (unpaired) electrons. The Morgan fingerprint density at radius 3 is 2.67 bits per heavy atom. The number of carbonyl (C=O) groups excluding carboxylic acids is 2. The fourth-order valence-corrected chi connectivity index (χ4v) is 1.13. The zero-order chi connectivity index (χ0) is 11.4. The van der Waals surface area contributed by atoms with Gasteiger partial charge in [-0.2, -0.15) is 0 Å². The van der Waals surface area contributed by atoms with E-state index < -0.39 is 5.97 Å². The van der Waals surface area contributed by atoms with Crippen LogP contribution in [0.1, 0.15) is 15.9 Å². The molecule has 0 aliphatic heterocycles. The molecule has 80 valence electrons. The lowest BCUT2D eigenvalue weighted by atomic mass is 10.1. The molecule has 4 nitrogen and oxygen atoms in total. The van der Waals surface area contributed by atoms with Gasteiger partial charge in [-0.05, 0) is 24.1 Å². The number of hydrogen-bond donors (Lipinski definition) is 1. The van der Waals surface area contributed by atoms with E-state index in [9.17, 15) is 14.7 Å². The van der Waals surface area contributed by atoms with E-state index in [4.69, 9.17) is 11.6 Å². The third-order valence-corrected chi connectivity index (χ3v) is 2.11. The highest BCUT2D eigenvalue weighted by Gasteiger charge is 2.04. The lowest BCUT2D eigenvalue weighted by Crippen LogP contribution is -2.22. The number of carboxylic acid groups (broad SMARTS) is 1. The Morgan fingerprint density at radius 2 is 2.13 bits per heavy atom. The molecule has 0 aromatic heterocycles.